The summed E-state index contributed by atoms with van der Waals surface area (Å²) in [4.78, 5) is 0. The van der Waals surface area contributed by atoms with Crippen LogP contribution in [0.3, 0.4) is 0 Å². The molecule has 2 rings (SSSR count). The highest BCUT2D eigenvalue weighted by Gasteiger charge is 2.30. The lowest BCUT2D eigenvalue weighted by Gasteiger charge is -2.19. The van der Waals surface area contributed by atoms with Crippen LogP contribution in [0.1, 0.15) is 44.7 Å². The molecule has 1 aromatic rings. The maximum atomic E-state index is 11.7. The first-order valence-corrected chi connectivity index (χ1v) is 9.02. The molecule has 1 N–H and O–H groups in total. The van der Waals surface area contributed by atoms with Gasteiger partial charge in [0.2, 0.25) is 0 Å². The molecule has 1 aromatic carbocycles. The van der Waals surface area contributed by atoms with Crippen LogP contribution in [0, 0.1) is 0 Å². The highest BCUT2D eigenvalue weighted by molar-refractivity contribution is 7.92. The summed E-state index contributed by atoms with van der Waals surface area (Å²) in [5.41, 5.74) is 2.69. The number of sulfone groups is 1. The van der Waals surface area contributed by atoms with Crippen molar-refractivity contribution in [3.8, 4) is 0 Å². The van der Waals surface area contributed by atoms with Gasteiger partial charge in [-0.25, -0.2) is 8.42 Å². The van der Waals surface area contributed by atoms with Crippen molar-refractivity contribution in [2.24, 2.45) is 0 Å². The fourth-order valence-electron chi connectivity index (χ4n) is 2.59. The molecule has 1 atom stereocenters. The minimum atomic E-state index is -2.83. The fraction of sp³-hybridized carbons (Fsp3) is 0.625. The van der Waals surface area contributed by atoms with Gasteiger partial charge < -0.3 is 5.32 Å². The largest absolute Gasteiger partial charge is 0.311 e. The lowest BCUT2D eigenvalue weighted by molar-refractivity contribution is 0.573. The molecule has 0 amide bonds. The van der Waals surface area contributed by atoms with Crippen LogP contribution in [-0.4, -0.2) is 26.0 Å². The molecule has 1 aliphatic heterocycles. The predicted octanol–water partition coefficient (Wildman–Crippen LogP) is 2.65. The molecule has 1 unspecified atom stereocenters. The van der Waals surface area contributed by atoms with Gasteiger partial charge in [0, 0.05) is 13.1 Å². The quantitative estimate of drug-likeness (QED) is 0.929. The lowest BCUT2D eigenvalue weighted by atomic mass is 9.87. The number of rotatable bonds is 4. The molecule has 0 radical (unpaired) electrons. The van der Waals surface area contributed by atoms with Crippen molar-refractivity contribution in [3.05, 3.63) is 35.4 Å². The van der Waals surface area contributed by atoms with Gasteiger partial charge in [-0.2, -0.15) is 0 Å². The van der Waals surface area contributed by atoms with Gasteiger partial charge in [0.15, 0.2) is 9.84 Å². The molecule has 3 nitrogen and oxygen atoms in total. The monoisotopic (exact) mass is 295 g/mol. The SMILES string of the molecule is CC(C)(C)c1ccc(CNCC2CCCS2(=O)=O)cc1. The Morgan fingerprint density at radius 1 is 1.20 bits per heavy atom. The van der Waals surface area contributed by atoms with Crippen molar-refractivity contribution in [3.63, 3.8) is 0 Å². The summed E-state index contributed by atoms with van der Waals surface area (Å²) in [7, 11) is -2.83. The highest BCUT2D eigenvalue weighted by Crippen LogP contribution is 2.22. The topological polar surface area (TPSA) is 46.2 Å². The van der Waals surface area contributed by atoms with Crippen LogP contribution in [-0.2, 0) is 21.8 Å². The molecule has 1 saturated heterocycles. The summed E-state index contributed by atoms with van der Waals surface area (Å²) in [5, 5.41) is 3.09. The van der Waals surface area contributed by atoms with Gasteiger partial charge in [0.05, 0.1) is 11.0 Å². The van der Waals surface area contributed by atoms with Gasteiger partial charge in [0.1, 0.15) is 0 Å². The minimum absolute atomic E-state index is 0.171. The van der Waals surface area contributed by atoms with Gasteiger partial charge in [-0.15, -0.1) is 0 Å². The van der Waals surface area contributed by atoms with Gasteiger partial charge in [0.25, 0.3) is 0 Å². The number of hydrogen-bond donors (Lipinski definition) is 1. The number of hydrogen-bond acceptors (Lipinski definition) is 3. The first-order chi connectivity index (χ1) is 9.29. The van der Waals surface area contributed by atoms with Crippen LogP contribution in [0.25, 0.3) is 0 Å². The van der Waals surface area contributed by atoms with Gasteiger partial charge in [-0.1, -0.05) is 45.0 Å². The predicted molar refractivity (Wildman–Crippen MR) is 83.7 cm³/mol. The lowest BCUT2D eigenvalue weighted by Crippen LogP contribution is -2.30. The van der Waals surface area contributed by atoms with E-state index in [0.29, 0.717) is 12.3 Å². The second-order valence-electron chi connectivity index (χ2n) is 6.71. The molecule has 0 bridgehead atoms. The van der Waals surface area contributed by atoms with Crippen LogP contribution >= 0.6 is 0 Å². The van der Waals surface area contributed by atoms with Gasteiger partial charge in [-0.05, 0) is 29.4 Å². The molecular weight excluding hydrogens is 270 g/mol. The van der Waals surface area contributed by atoms with Crippen molar-refractivity contribution in [1.82, 2.24) is 5.32 Å². The Bertz CT molecular complexity index is 541. The zero-order valence-electron chi connectivity index (χ0n) is 12.6. The summed E-state index contributed by atoms with van der Waals surface area (Å²) in [6.07, 6.45) is 1.62. The summed E-state index contributed by atoms with van der Waals surface area (Å²) < 4.78 is 23.4. The highest BCUT2D eigenvalue weighted by atomic mass is 32.2. The third-order valence-corrected chi connectivity index (χ3v) is 6.26. The average Bonchev–Trinajstić information content (AvgIpc) is 2.68. The Balaban J connectivity index is 1.86. The molecule has 20 heavy (non-hydrogen) atoms. The Morgan fingerprint density at radius 2 is 1.85 bits per heavy atom. The van der Waals surface area contributed by atoms with E-state index in [4.69, 9.17) is 0 Å². The number of nitrogens with one attached hydrogen (secondary N) is 1. The zero-order valence-corrected chi connectivity index (χ0v) is 13.5. The van der Waals surface area contributed by atoms with Crippen LogP contribution in [0.4, 0.5) is 0 Å². The maximum Gasteiger partial charge on any atom is 0.154 e. The normalized spacial score (nSPS) is 22.1. The van der Waals surface area contributed by atoms with Crippen molar-refractivity contribution in [2.75, 3.05) is 12.3 Å². The van der Waals surface area contributed by atoms with Crippen molar-refractivity contribution >= 4 is 9.84 Å². The van der Waals surface area contributed by atoms with E-state index in [0.717, 1.165) is 19.4 Å². The molecular formula is C16H25NO2S. The standard InChI is InChI=1S/C16H25NO2S/c1-16(2,3)14-8-6-13(7-9-14)11-17-12-15-5-4-10-20(15,18)19/h6-9,15,17H,4-5,10-12H2,1-3H3. The minimum Gasteiger partial charge on any atom is -0.311 e. The van der Waals surface area contributed by atoms with E-state index in [2.05, 4.69) is 50.4 Å². The Labute approximate surface area is 122 Å². The smallest absolute Gasteiger partial charge is 0.154 e. The third kappa shape index (κ3) is 3.83. The van der Waals surface area contributed by atoms with Crippen molar-refractivity contribution in [2.45, 2.75) is 50.8 Å². The second-order valence-corrected chi connectivity index (χ2v) is 9.11. The Morgan fingerprint density at radius 3 is 2.35 bits per heavy atom. The van der Waals surface area contributed by atoms with E-state index in [1.165, 1.54) is 11.1 Å². The third-order valence-electron chi connectivity index (χ3n) is 3.98. The van der Waals surface area contributed by atoms with E-state index < -0.39 is 9.84 Å². The second kappa shape index (κ2) is 5.86. The van der Waals surface area contributed by atoms with E-state index in [-0.39, 0.29) is 10.7 Å². The Hall–Kier alpha value is -0.870. The fourth-order valence-corrected chi connectivity index (χ4v) is 4.39. The molecule has 0 spiro atoms. The molecule has 4 heteroatoms. The first kappa shape index (κ1) is 15.5. The summed E-state index contributed by atoms with van der Waals surface area (Å²) in [6.45, 7) is 7.90. The molecule has 0 saturated carbocycles. The van der Waals surface area contributed by atoms with E-state index in [9.17, 15) is 8.42 Å². The van der Waals surface area contributed by atoms with Gasteiger partial charge in [-0.3, -0.25) is 0 Å². The van der Waals surface area contributed by atoms with Crippen LogP contribution in [0.2, 0.25) is 0 Å². The zero-order chi connectivity index (χ0) is 14.8. The summed E-state index contributed by atoms with van der Waals surface area (Å²) >= 11 is 0. The molecule has 0 aliphatic carbocycles. The van der Waals surface area contributed by atoms with Crippen molar-refractivity contribution in [1.29, 1.82) is 0 Å². The molecule has 1 aliphatic rings. The molecule has 1 fully saturated rings. The molecule has 0 aromatic heterocycles. The van der Waals surface area contributed by atoms with Gasteiger partial charge >= 0.3 is 0 Å². The van der Waals surface area contributed by atoms with E-state index >= 15 is 0 Å². The maximum absolute atomic E-state index is 11.7. The van der Waals surface area contributed by atoms with Crippen molar-refractivity contribution < 1.29 is 8.42 Å². The summed E-state index contributed by atoms with van der Waals surface area (Å²) in [5.74, 6) is 0.361. The van der Waals surface area contributed by atoms with E-state index in [1.807, 2.05) is 0 Å². The molecule has 112 valence electrons. The number of benzene rings is 1. The first-order valence-electron chi connectivity index (χ1n) is 7.31. The average molecular weight is 295 g/mol. The molecule has 1 heterocycles. The summed E-state index contributed by atoms with van der Waals surface area (Å²) in [6, 6.07) is 8.56. The van der Waals surface area contributed by atoms with E-state index in [1.54, 1.807) is 0 Å². The van der Waals surface area contributed by atoms with Crippen LogP contribution in [0.5, 0.6) is 0 Å². The van der Waals surface area contributed by atoms with Crippen LogP contribution in [0.15, 0.2) is 24.3 Å². The van der Waals surface area contributed by atoms with Crippen LogP contribution < -0.4 is 5.32 Å². The Kier molecular flexibility index (Phi) is 4.55.